The Bertz CT molecular complexity index is 497. The van der Waals surface area contributed by atoms with Gasteiger partial charge in [0, 0.05) is 22.6 Å². The van der Waals surface area contributed by atoms with Gasteiger partial charge in [-0.1, -0.05) is 40.2 Å². The lowest BCUT2D eigenvalue weighted by Crippen LogP contribution is -1.82. The van der Waals surface area contributed by atoms with Crippen LogP contribution in [0.5, 0.6) is 0 Å². The minimum atomic E-state index is 0.981. The predicted molar refractivity (Wildman–Crippen MR) is 80.5 cm³/mol. The van der Waals surface area contributed by atoms with Crippen molar-refractivity contribution in [2.45, 2.75) is 11.4 Å². The summed E-state index contributed by atoms with van der Waals surface area (Å²) >= 11 is 5.15. The number of nitrogens with zero attached hydrogens (tertiary/aromatic N) is 2. The van der Waals surface area contributed by atoms with Crippen LogP contribution in [0.4, 0.5) is 0 Å². The van der Waals surface area contributed by atoms with E-state index < -0.39 is 0 Å². The monoisotopic (exact) mass is 320 g/mol. The second kappa shape index (κ2) is 7.34. The van der Waals surface area contributed by atoms with Crippen molar-refractivity contribution >= 4 is 33.8 Å². The van der Waals surface area contributed by atoms with Crippen molar-refractivity contribution in [2.24, 2.45) is 0 Å². The van der Waals surface area contributed by atoms with Gasteiger partial charge in [0.05, 0.1) is 6.20 Å². The van der Waals surface area contributed by atoms with Crippen molar-refractivity contribution in [1.29, 1.82) is 0 Å². The van der Waals surface area contributed by atoms with Gasteiger partial charge in [0.1, 0.15) is 5.03 Å². The smallest absolute Gasteiger partial charge is 0.114 e. The molecule has 0 aliphatic rings. The zero-order valence-corrected chi connectivity index (χ0v) is 12.2. The van der Waals surface area contributed by atoms with Crippen LogP contribution in [0.2, 0.25) is 0 Å². The molecule has 0 atom stereocenters. The summed E-state index contributed by atoms with van der Waals surface area (Å²) in [6, 6.07) is 8.29. The van der Waals surface area contributed by atoms with E-state index in [-0.39, 0.29) is 0 Å². The maximum Gasteiger partial charge on any atom is 0.114 e. The summed E-state index contributed by atoms with van der Waals surface area (Å²) in [4.78, 5) is 8.25. The molecule has 0 saturated carbocycles. The van der Waals surface area contributed by atoms with Crippen LogP contribution < -0.4 is 0 Å². The van der Waals surface area contributed by atoms with Gasteiger partial charge in [-0.25, -0.2) is 4.98 Å². The molecule has 18 heavy (non-hydrogen) atoms. The Labute approximate surface area is 120 Å². The average molecular weight is 321 g/mol. The van der Waals surface area contributed by atoms with Crippen LogP contribution >= 0.6 is 27.7 Å². The zero-order valence-electron chi connectivity index (χ0n) is 9.79. The maximum atomic E-state index is 4.22. The molecule has 0 spiro atoms. The molecule has 0 radical (unpaired) electrons. The van der Waals surface area contributed by atoms with Crippen LogP contribution in [-0.4, -0.2) is 15.7 Å². The Hall–Kier alpha value is -1.13. The van der Waals surface area contributed by atoms with E-state index in [1.54, 1.807) is 30.4 Å². The van der Waals surface area contributed by atoms with Gasteiger partial charge in [-0.3, -0.25) is 4.98 Å². The third-order valence-electron chi connectivity index (χ3n) is 2.25. The number of hydrogen-bond acceptors (Lipinski definition) is 3. The molecule has 1 heterocycles. The number of rotatable bonds is 5. The molecule has 0 bridgehead atoms. The summed E-state index contributed by atoms with van der Waals surface area (Å²) in [6.07, 6.45) is 10.6. The molecule has 0 fully saturated rings. The van der Waals surface area contributed by atoms with E-state index in [1.807, 2.05) is 12.1 Å². The van der Waals surface area contributed by atoms with Gasteiger partial charge < -0.3 is 0 Å². The largest absolute Gasteiger partial charge is 0.260 e. The van der Waals surface area contributed by atoms with Crippen LogP contribution in [0.1, 0.15) is 12.0 Å². The van der Waals surface area contributed by atoms with E-state index in [9.17, 15) is 0 Å². The molecule has 4 heteroatoms. The lowest BCUT2D eigenvalue weighted by molar-refractivity contribution is 1.05. The van der Waals surface area contributed by atoms with E-state index in [4.69, 9.17) is 0 Å². The van der Waals surface area contributed by atoms with Gasteiger partial charge in [0.15, 0.2) is 0 Å². The summed E-state index contributed by atoms with van der Waals surface area (Å²) in [6.45, 7) is 0. The van der Waals surface area contributed by atoms with Gasteiger partial charge in [-0.2, -0.15) is 0 Å². The number of benzene rings is 1. The fraction of sp³-hybridized carbons (Fsp3) is 0.143. The van der Waals surface area contributed by atoms with E-state index in [1.165, 1.54) is 5.56 Å². The van der Waals surface area contributed by atoms with Crippen molar-refractivity contribution in [3.05, 3.63) is 59.0 Å². The summed E-state index contributed by atoms with van der Waals surface area (Å²) in [5.41, 5.74) is 1.22. The van der Waals surface area contributed by atoms with Crippen LogP contribution in [0, 0.1) is 0 Å². The molecule has 0 aliphatic carbocycles. The first-order chi connectivity index (χ1) is 8.84. The molecule has 2 aromatic rings. The van der Waals surface area contributed by atoms with Crippen LogP contribution in [0.25, 0.3) is 6.08 Å². The number of aromatic nitrogens is 2. The first kappa shape index (κ1) is 13.3. The SMILES string of the molecule is Brc1ccc(/C=C/CCSc2cnccn2)cc1. The lowest BCUT2D eigenvalue weighted by atomic mass is 10.2. The summed E-state index contributed by atoms with van der Waals surface area (Å²) in [5, 5.41) is 0.981. The number of allylic oxidation sites excluding steroid dienone is 1. The van der Waals surface area contributed by atoms with Crippen molar-refractivity contribution in [2.75, 3.05) is 5.75 Å². The first-order valence-electron chi connectivity index (χ1n) is 5.65. The molecule has 92 valence electrons. The molecule has 1 aromatic carbocycles. The number of thioether (sulfide) groups is 1. The summed E-state index contributed by atoms with van der Waals surface area (Å²) in [5.74, 6) is 1.02. The summed E-state index contributed by atoms with van der Waals surface area (Å²) in [7, 11) is 0. The third-order valence-corrected chi connectivity index (χ3v) is 3.73. The van der Waals surface area contributed by atoms with Crippen LogP contribution in [0.15, 0.2) is 58.4 Å². The van der Waals surface area contributed by atoms with Gasteiger partial charge >= 0.3 is 0 Å². The molecule has 0 amide bonds. The summed E-state index contributed by atoms with van der Waals surface area (Å²) < 4.78 is 1.11. The number of halogens is 1. The van der Waals surface area contributed by atoms with Crippen molar-refractivity contribution in [3.63, 3.8) is 0 Å². The molecular formula is C14H13BrN2S. The van der Waals surface area contributed by atoms with Crippen LogP contribution in [0.3, 0.4) is 0 Å². The highest BCUT2D eigenvalue weighted by Crippen LogP contribution is 2.15. The Morgan fingerprint density at radius 3 is 2.72 bits per heavy atom. The zero-order chi connectivity index (χ0) is 12.6. The molecule has 0 unspecified atom stereocenters. The predicted octanol–water partition coefficient (Wildman–Crippen LogP) is 4.43. The molecule has 0 saturated heterocycles. The van der Waals surface area contributed by atoms with Gasteiger partial charge in [0.2, 0.25) is 0 Å². The number of hydrogen-bond donors (Lipinski definition) is 0. The Morgan fingerprint density at radius 1 is 1.17 bits per heavy atom. The van der Waals surface area contributed by atoms with Gasteiger partial charge in [0.25, 0.3) is 0 Å². The quantitative estimate of drug-likeness (QED) is 0.602. The van der Waals surface area contributed by atoms with E-state index >= 15 is 0 Å². The second-order valence-electron chi connectivity index (χ2n) is 3.63. The van der Waals surface area contributed by atoms with E-state index in [2.05, 4.69) is 50.2 Å². The lowest BCUT2D eigenvalue weighted by Gasteiger charge is -1.97. The first-order valence-corrected chi connectivity index (χ1v) is 7.43. The van der Waals surface area contributed by atoms with Crippen molar-refractivity contribution < 1.29 is 0 Å². The highest BCUT2D eigenvalue weighted by atomic mass is 79.9. The molecular weight excluding hydrogens is 308 g/mol. The van der Waals surface area contributed by atoms with Gasteiger partial charge in [-0.15, -0.1) is 11.8 Å². The topological polar surface area (TPSA) is 25.8 Å². The fourth-order valence-electron chi connectivity index (χ4n) is 1.38. The maximum absolute atomic E-state index is 4.22. The van der Waals surface area contributed by atoms with Gasteiger partial charge in [-0.05, 0) is 24.1 Å². The minimum absolute atomic E-state index is 0.981. The molecule has 2 nitrogen and oxygen atoms in total. The minimum Gasteiger partial charge on any atom is -0.260 e. The Balaban J connectivity index is 1.74. The Morgan fingerprint density at radius 2 is 2.00 bits per heavy atom. The molecule has 2 rings (SSSR count). The van der Waals surface area contributed by atoms with E-state index in [0.29, 0.717) is 0 Å². The van der Waals surface area contributed by atoms with E-state index in [0.717, 1.165) is 21.7 Å². The van der Waals surface area contributed by atoms with Crippen molar-refractivity contribution in [1.82, 2.24) is 9.97 Å². The Kier molecular flexibility index (Phi) is 5.42. The van der Waals surface area contributed by atoms with Crippen LogP contribution in [-0.2, 0) is 0 Å². The third kappa shape index (κ3) is 4.63. The highest BCUT2D eigenvalue weighted by Gasteiger charge is 1.92. The molecule has 0 aliphatic heterocycles. The van der Waals surface area contributed by atoms with Crippen molar-refractivity contribution in [3.8, 4) is 0 Å². The normalized spacial score (nSPS) is 10.9. The average Bonchev–Trinajstić information content (AvgIpc) is 2.42. The molecule has 0 N–H and O–H groups in total. The molecule has 1 aromatic heterocycles. The highest BCUT2D eigenvalue weighted by molar-refractivity contribution is 9.10. The fourth-order valence-corrected chi connectivity index (χ4v) is 2.38. The standard InChI is InChI=1S/C14H13BrN2S/c15-13-6-4-12(5-7-13)3-1-2-10-18-14-11-16-8-9-17-14/h1,3-9,11H,2,10H2/b3-1+. The second-order valence-corrected chi connectivity index (χ2v) is 5.67.